The second-order valence-corrected chi connectivity index (χ2v) is 13.7. The quantitative estimate of drug-likeness (QED) is 0.125. The van der Waals surface area contributed by atoms with E-state index in [2.05, 4.69) is 36.6 Å². The van der Waals surface area contributed by atoms with E-state index in [0.717, 1.165) is 48.2 Å². The molecule has 0 saturated heterocycles. The fourth-order valence-electron chi connectivity index (χ4n) is 6.43. The first-order chi connectivity index (χ1) is 23.6. The Hall–Kier alpha value is -4.75. The summed E-state index contributed by atoms with van der Waals surface area (Å²) in [7, 11) is 0. The topological polar surface area (TPSA) is 110 Å². The molecule has 0 aliphatic heterocycles. The molecular weight excluding hydrogens is 628 g/mol. The van der Waals surface area contributed by atoms with E-state index in [-0.39, 0.29) is 22.9 Å². The molecule has 2 aliphatic rings. The van der Waals surface area contributed by atoms with Gasteiger partial charge in [-0.2, -0.15) is 0 Å². The van der Waals surface area contributed by atoms with E-state index in [9.17, 15) is 9.59 Å². The lowest BCUT2D eigenvalue weighted by Crippen LogP contribution is -2.22. The fourth-order valence-corrected chi connectivity index (χ4v) is 6.62. The number of benzene rings is 5. The Morgan fingerprint density at radius 3 is 1.51 bits per heavy atom. The number of hydrogen-bond donors (Lipinski definition) is 4. The van der Waals surface area contributed by atoms with Crippen molar-refractivity contribution in [3.63, 3.8) is 0 Å². The van der Waals surface area contributed by atoms with Crippen molar-refractivity contribution in [2.45, 2.75) is 62.4 Å². The van der Waals surface area contributed by atoms with Crippen molar-refractivity contribution >= 4 is 34.8 Å². The third-order valence-electron chi connectivity index (χ3n) is 10.0. The maximum Gasteiger partial charge on any atom is 0.255 e. The number of nitrogens with two attached hydrogens (primary N) is 2. The summed E-state index contributed by atoms with van der Waals surface area (Å²) in [6.07, 6.45) is 4.07. The van der Waals surface area contributed by atoms with Gasteiger partial charge in [0.15, 0.2) is 0 Å². The van der Waals surface area contributed by atoms with Crippen LogP contribution in [0.1, 0.15) is 83.2 Å². The monoisotopic (exact) mass is 670 g/mol. The van der Waals surface area contributed by atoms with Gasteiger partial charge in [0.05, 0.1) is 0 Å². The van der Waals surface area contributed by atoms with Gasteiger partial charge in [-0.25, -0.2) is 0 Å². The van der Waals surface area contributed by atoms with Crippen LogP contribution in [-0.2, 0) is 0 Å². The zero-order valence-electron chi connectivity index (χ0n) is 28.0. The minimum atomic E-state index is -0.164. The number of nitrogens with one attached hydrogen (secondary N) is 2. The molecule has 2 amide bonds. The lowest BCUT2D eigenvalue weighted by molar-refractivity contribution is 0.101. The summed E-state index contributed by atoms with van der Waals surface area (Å²) in [5.74, 6) is 0.613. The number of carbonyl (C=O) groups is 2. The van der Waals surface area contributed by atoms with Crippen LogP contribution in [0.2, 0.25) is 5.02 Å². The van der Waals surface area contributed by atoms with Crippen LogP contribution >= 0.6 is 11.6 Å². The number of halogens is 1. The Bertz CT molecular complexity index is 1930. The number of carbonyl (C=O) groups excluding carboxylic acids is 2. The van der Waals surface area contributed by atoms with Gasteiger partial charge in [-0.3, -0.25) is 9.59 Å². The zero-order chi connectivity index (χ0) is 34.6. The SMILES string of the molecule is CC[C@]1(N)C[C@H]1c1ccc(NC(=O)c2cccc(-c3ccccc3)c2)cc1.CC[C@]1(N)C[C@H]1c1ccc(NC(=O)c2cccc(Cl)c2)cc1. The van der Waals surface area contributed by atoms with Crippen LogP contribution in [0.5, 0.6) is 0 Å². The maximum atomic E-state index is 12.6. The van der Waals surface area contributed by atoms with E-state index in [1.807, 2.05) is 91.0 Å². The van der Waals surface area contributed by atoms with E-state index in [4.69, 9.17) is 23.1 Å². The zero-order valence-corrected chi connectivity index (χ0v) is 28.7. The number of amides is 2. The Labute approximate surface area is 293 Å². The Kier molecular flexibility index (Phi) is 10.0. The molecule has 0 radical (unpaired) electrons. The highest BCUT2D eigenvalue weighted by Gasteiger charge is 2.50. The van der Waals surface area contributed by atoms with Gasteiger partial charge in [0.1, 0.15) is 0 Å². The van der Waals surface area contributed by atoms with Crippen LogP contribution in [-0.4, -0.2) is 22.9 Å². The molecule has 2 fully saturated rings. The Morgan fingerprint density at radius 1 is 0.612 bits per heavy atom. The van der Waals surface area contributed by atoms with Crippen molar-refractivity contribution in [2.75, 3.05) is 10.6 Å². The van der Waals surface area contributed by atoms with Gasteiger partial charge in [-0.1, -0.05) is 98.2 Å². The van der Waals surface area contributed by atoms with Crippen LogP contribution in [0.25, 0.3) is 11.1 Å². The second kappa shape index (κ2) is 14.4. The smallest absolute Gasteiger partial charge is 0.255 e. The molecule has 0 unspecified atom stereocenters. The van der Waals surface area contributed by atoms with Crippen LogP contribution < -0.4 is 22.1 Å². The highest BCUT2D eigenvalue weighted by Crippen LogP contribution is 2.52. The third-order valence-corrected chi connectivity index (χ3v) is 10.2. The molecule has 7 heteroatoms. The minimum Gasteiger partial charge on any atom is -0.325 e. The van der Waals surface area contributed by atoms with Gasteiger partial charge in [0.25, 0.3) is 11.8 Å². The molecule has 6 nitrogen and oxygen atoms in total. The molecule has 5 aromatic rings. The van der Waals surface area contributed by atoms with Crippen LogP contribution in [0, 0.1) is 0 Å². The molecule has 4 atom stereocenters. The molecule has 6 N–H and O–H groups in total. The van der Waals surface area contributed by atoms with Crippen LogP contribution in [0.3, 0.4) is 0 Å². The molecule has 7 rings (SSSR count). The summed E-state index contributed by atoms with van der Waals surface area (Å²) < 4.78 is 0. The molecular formula is C42H43ClN4O2. The van der Waals surface area contributed by atoms with Crippen molar-refractivity contribution in [3.05, 3.63) is 155 Å². The minimum absolute atomic E-state index is 0.0362. The van der Waals surface area contributed by atoms with E-state index in [0.29, 0.717) is 28.0 Å². The Morgan fingerprint density at radius 2 is 1.06 bits per heavy atom. The number of rotatable bonds is 9. The maximum absolute atomic E-state index is 12.6. The molecule has 2 aliphatic carbocycles. The molecule has 0 bridgehead atoms. The summed E-state index contributed by atoms with van der Waals surface area (Å²) in [6.45, 7) is 4.26. The average Bonchev–Trinajstić information content (AvgIpc) is 4.03. The predicted octanol–water partition coefficient (Wildman–Crippen LogP) is 9.39. The molecule has 0 aromatic heterocycles. The second-order valence-electron chi connectivity index (χ2n) is 13.3. The normalized spacial score (nSPS) is 21.9. The molecule has 0 heterocycles. The average molecular weight is 671 g/mol. The molecule has 2 saturated carbocycles. The van der Waals surface area contributed by atoms with Crippen molar-refractivity contribution in [3.8, 4) is 11.1 Å². The Balaban J connectivity index is 0.000000174. The lowest BCUT2D eigenvalue weighted by Gasteiger charge is -2.10. The highest BCUT2D eigenvalue weighted by molar-refractivity contribution is 6.31. The van der Waals surface area contributed by atoms with Gasteiger partial charge >= 0.3 is 0 Å². The van der Waals surface area contributed by atoms with Gasteiger partial charge in [-0.15, -0.1) is 0 Å². The first-order valence-electron chi connectivity index (χ1n) is 16.9. The van der Waals surface area contributed by atoms with Crippen LogP contribution in [0.15, 0.2) is 127 Å². The van der Waals surface area contributed by atoms with Gasteiger partial charge in [0.2, 0.25) is 0 Å². The summed E-state index contributed by atoms with van der Waals surface area (Å²) >= 11 is 5.90. The predicted molar refractivity (Wildman–Crippen MR) is 201 cm³/mol. The molecule has 5 aromatic carbocycles. The molecule has 250 valence electrons. The van der Waals surface area contributed by atoms with Crippen molar-refractivity contribution < 1.29 is 9.59 Å². The van der Waals surface area contributed by atoms with Gasteiger partial charge in [0, 0.05) is 50.4 Å². The van der Waals surface area contributed by atoms with E-state index in [1.54, 1.807) is 24.3 Å². The largest absolute Gasteiger partial charge is 0.325 e. The third kappa shape index (κ3) is 8.11. The number of anilines is 2. The van der Waals surface area contributed by atoms with Crippen LogP contribution in [0.4, 0.5) is 11.4 Å². The lowest BCUT2D eigenvalue weighted by atomic mass is 10.0. The summed E-state index contributed by atoms with van der Waals surface area (Å²) in [6, 6.07) is 40.7. The van der Waals surface area contributed by atoms with E-state index in [1.165, 1.54) is 11.1 Å². The summed E-state index contributed by atoms with van der Waals surface area (Å²) in [5.41, 5.74) is 19.9. The first kappa shape index (κ1) is 34.1. The standard InChI is InChI=1S/C24H24N2O.C18H19ClN2O/c1-2-24(25)16-22(24)18-11-13-21(14-12-18)26-23(27)20-10-6-9-19(15-20)17-7-4-3-5-8-17;1-2-18(20)11-16(18)12-6-8-15(9-7-12)21-17(22)13-4-3-5-14(19)10-13/h3-15,22H,2,16,25H2,1H3,(H,26,27);3-10,16H,2,11,20H2,1H3,(H,21,22)/t22-,24-;16-,18-/m00/s1. The van der Waals surface area contributed by atoms with E-state index >= 15 is 0 Å². The van der Waals surface area contributed by atoms with Gasteiger partial charge in [-0.05, 0) is 103 Å². The number of hydrogen-bond acceptors (Lipinski definition) is 4. The summed E-state index contributed by atoms with van der Waals surface area (Å²) in [4.78, 5) is 24.8. The van der Waals surface area contributed by atoms with E-state index < -0.39 is 0 Å². The highest BCUT2D eigenvalue weighted by atomic mass is 35.5. The van der Waals surface area contributed by atoms with Crippen molar-refractivity contribution in [1.82, 2.24) is 0 Å². The first-order valence-corrected chi connectivity index (χ1v) is 17.3. The van der Waals surface area contributed by atoms with Gasteiger partial charge < -0.3 is 22.1 Å². The van der Waals surface area contributed by atoms with Crippen molar-refractivity contribution in [1.29, 1.82) is 0 Å². The fraction of sp³-hybridized carbons (Fsp3) is 0.238. The molecule has 0 spiro atoms. The summed E-state index contributed by atoms with van der Waals surface area (Å²) in [5, 5.41) is 6.42. The van der Waals surface area contributed by atoms with Crippen molar-refractivity contribution in [2.24, 2.45) is 11.5 Å². The molecule has 49 heavy (non-hydrogen) atoms.